The van der Waals surface area contributed by atoms with Crippen LogP contribution in [-0.2, 0) is 9.53 Å². The lowest BCUT2D eigenvalue weighted by Gasteiger charge is -2.54. The van der Waals surface area contributed by atoms with Crippen molar-refractivity contribution in [3.63, 3.8) is 0 Å². The molecule has 0 spiro atoms. The quantitative estimate of drug-likeness (QED) is 0.634. The van der Waals surface area contributed by atoms with Crippen LogP contribution in [0.15, 0.2) is 22.8 Å². The van der Waals surface area contributed by atoms with E-state index in [4.69, 9.17) is 4.74 Å². The van der Waals surface area contributed by atoms with Crippen LogP contribution in [0.4, 0.5) is 0 Å². The SMILES string of the molecule is COC(=O)[C@]1(C)CCC[C@]2(C)C3=C(CC[C@@H]12)/C(=C/C(C)C)CC3. The van der Waals surface area contributed by atoms with Crippen molar-refractivity contribution in [1.29, 1.82) is 0 Å². The van der Waals surface area contributed by atoms with E-state index in [1.54, 1.807) is 23.8 Å². The molecular formula is C21H32O2. The van der Waals surface area contributed by atoms with Gasteiger partial charge in [0, 0.05) is 0 Å². The number of allylic oxidation sites excluding steroid dienone is 4. The number of fused-ring (bicyclic) bond motifs is 2. The van der Waals surface area contributed by atoms with Gasteiger partial charge in [0.25, 0.3) is 0 Å². The molecule has 0 radical (unpaired) electrons. The molecule has 0 aliphatic heterocycles. The maximum absolute atomic E-state index is 12.5. The summed E-state index contributed by atoms with van der Waals surface area (Å²) in [5.74, 6) is 1.07. The van der Waals surface area contributed by atoms with E-state index < -0.39 is 0 Å². The van der Waals surface area contributed by atoms with Crippen molar-refractivity contribution in [2.45, 2.75) is 72.6 Å². The van der Waals surface area contributed by atoms with E-state index in [-0.39, 0.29) is 16.8 Å². The van der Waals surface area contributed by atoms with Gasteiger partial charge in [-0.2, -0.15) is 0 Å². The topological polar surface area (TPSA) is 26.3 Å². The molecule has 2 heteroatoms. The normalized spacial score (nSPS) is 38.7. The predicted molar refractivity (Wildman–Crippen MR) is 94.0 cm³/mol. The molecule has 128 valence electrons. The summed E-state index contributed by atoms with van der Waals surface area (Å²) >= 11 is 0. The summed E-state index contributed by atoms with van der Waals surface area (Å²) in [6.07, 6.45) is 10.5. The molecule has 0 unspecified atom stereocenters. The van der Waals surface area contributed by atoms with Gasteiger partial charge in [-0.1, -0.05) is 38.8 Å². The van der Waals surface area contributed by atoms with Gasteiger partial charge in [-0.15, -0.1) is 0 Å². The van der Waals surface area contributed by atoms with Crippen LogP contribution in [-0.4, -0.2) is 13.1 Å². The van der Waals surface area contributed by atoms with E-state index in [2.05, 4.69) is 33.8 Å². The van der Waals surface area contributed by atoms with Crippen molar-refractivity contribution in [3.8, 4) is 0 Å². The van der Waals surface area contributed by atoms with Gasteiger partial charge in [0.1, 0.15) is 0 Å². The van der Waals surface area contributed by atoms with Crippen LogP contribution in [0.25, 0.3) is 0 Å². The second kappa shape index (κ2) is 5.79. The highest BCUT2D eigenvalue weighted by Gasteiger charge is 2.56. The highest BCUT2D eigenvalue weighted by atomic mass is 16.5. The minimum absolute atomic E-state index is 0.00779. The van der Waals surface area contributed by atoms with Crippen molar-refractivity contribution < 1.29 is 9.53 Å². The monoisotopic (exact) mass is 316 g/mol. The molecule has 0 aromatic rings. The molecule has 2 nitrogen and oxygen atoms in total. The number of hydrogen-bond acceptors (Lipinski definition) is 2. The maximum atomic E-state index is 12.5. The zero-order chi connectivity index (χ0) is 16.8. The van der Waals surface area contributed by atoms with Crippen LogP contribution in [0.5, 0.6) is 0 Å². The summed E-state index contributed by atoms with van der Waals surface area (Å²) in [4.78, 5) is 12.5. The third-order valence-electron chi connectivity index (χ3n) is 6.89. The Morgan fingerprint density at radius 3 is 2.61 bits per heavy atom. The second-order valence-electron chi connectivity index (χ2n) is 8.66. The summed E-state index contributed by atoms with van der Waals surface area (Å²) < 4.78 is 5.21. The molecule has 0 amide bonds. The summed E-state index contributed by atoms with van der Waals surface area (Å²) in [5.41, 5.74) is 4.81. The Bertz CT molecular complexity index is 568. The molecule has 1 saturated carbocycles. The highest BCUT2D eigenvalue weighted by Crippen LogP contribution is 2.63. The number of carbonyl (C=O) groups excluding carboxylic acids is 1. The molecule has 0 aromatic heterocycles. The van der Waals surface area contributed by atoms with Crippen molar-refractivity contribution in [2.24, 2.45) is 22.7 Å². The van der Waals surface area contributed by atoms with E-state index in [0.29, 0.717) is 11.8 Å². The number of carbonyl (C=O) groups is 1. The van der Waals surface area contributed by atoms with Gasteiger partial charge < -0.3 is 4.74 Å². The van der Waals surface area contributed by atoms with E-state index in [0.717, 1.165) is 25.7 Å². The molecule has 0 N–H and O–H groups in total. The maximum Gasteiger partial charge on any atom is 0.311 e. The average Bonchev–Trinajstić information content (AvgIpc) is 2.90. The van der Waals surface area contributed by atoms with E-state index in [1.807, 2.05) is 0 Å². The lowest BCUT2D eigenvalue weighted by atomic mass is 9.50. The summed E-state index contributed by atoms with van der Waals surface area (Å²) in [5, 5.41) is 0. The third-order valence-corrected chi connectivity index (χ3v) is 6.89. The Labute approximate surface area is 141 Å². The number of esters is 1. The van der Waals surface area contributed by atoms with Gasteiger partial charge >= 0.3 is 5.97 Å². The smallest absolute Gasteiger partial charge is 0.311 e. The molecule has 0 bridgehead atoms. The molecule has 3 aliphatic rings. The van der Waals surface area contributed by atoms with E-state index >= 15 is 0 Å². The van der Waals surface area contributed by atoms with Crippen molar-refractivity contribution >= 4 is 5.97 Å². The summed E-state index contributed by atoms with van der Waals surface area (Å²) in [6.45, 7) is 9.14. The molecule has 23 heavy (non-hydrogen) atoms. The minimum Gasteiger partial charge on any atom is -0.469 e. The minimum atomic E-state index is -0.301. The first-order chi connectivity index (χ1) is 10.8. The van der Waals surface area contributed by atoms with Gasteiger partial charge in [-0.05, 0) is 73.8 Å². The third kappa shape index (κ3) is 2.49. The first kappa shape index (κ1) is 16.8. The first-order valence-electron chi connectivity index (χ1n) is 9.35. The lowest BCUT2D eigenvalue weighted by molar-refractivity contribution is -0.163. The fourth-order valence-corrected chi connectivity index (χ4v) is 5.92. The predicted octanol–water partition coefficient (Wildman–Crippen LogP) is 5.44. The summed E-state index contributed by atoms with van der Waals surface area (Å²) in [6, 6.07) is 0. The Morgan fingerprint density at radius 1 is 1.22 bits per heavy atom. The van der Waals surface area contributed by atoms with Gasteiger partial charge in [0.05, 0.1) is 12.5 Å². The Morgan fingerprint density at radius 2 is 1.96 bits per heavy atom. The summed E-state index contributed by atoms with van der Waals surface area (Å²) in [7, 11) is 1.55. The molecule has 3 aliphatic carbocycles. The van der Waals surface area contributed by atoms with E-state index in [9.17, 15) is 4.79 Å². The number of ether oxygens (including phenoxy) is 1. The molecule has 0 saturated heterocycles. The standard InChI is InChI=1S/C21H32O2/c1-14(2)13-15-7-9-17-16(15)8-10-18-20(17,3)11-6-12-21(18,4)19(22)23-5/h13-14,18H,6-12H2,1-5H3/b15-13+/t18-,20-,21-/m1/s1. The second-order valence-corrected chi connectivity index (χ2v) is 8.66. The average molecular weight is 316 g/mol. The van der Waals surface area contributed by atoms with Gasteiger partial charge in [0.15, 0.2) is 0 Å². The fourth-order valence-electron chi connectivity index (χ4n) is 5.92. The number of hydrogen-bond donors (Lipinski definition) is 0. The van der Waals surface area contributed by atoms with Crippen molar-refractivity contribution in [2.75, 3.05) is 7.11 Å². The van der Waals surface area contributed by atoms with Crippen LogP contribution in [0.3, 0.4) is 0 Å². The van der Waals surface area contributed by atoms with Crippen molar-refractivity contribution in [1.82, 2.24) is 0 Å². The molecule has 0 heterocycles. The van der Waals surface area contributed by atoms with Gasteiger partial charge in [-0.3, -0.25) is 4.79 Å². The Balaban J connectivity index is 2.01. The van der Waals surface area contributed by atoms with Gasteiger partial charge in [-0.25, -0.2) is 0 Å². The molecular weight excluding hydrogens is 284 g/mol. The Hall–Kier alpha value is -1.05. The van der Waals surface area contributed by atoms with Crippen LogP contribution in [0.2, 0.25) is 0 Å². The molecule has 3 rings (SSSR count). The van der Waals surface area contributed by atoms with Crippen LogP contribution < -0.4 is 0 Å². The van der Waals surface area contributed by atoms with Gasteiger partial charge in [0.2, 0.25) is 0 Å². The van der Waals surface area contributed by atoms with Crippen LogP contribution in [0, 0.1) is 22.7 Å². The van der Waals surface area contributed by atoms with Crippen molar-refractivity contribution in [3.05, 3.63) is 22.8 Å². The molecule has 1 fully saturated rings. The zero-order valence-electron chi connectivity index (χ0n) is 15.5. The Kier molecular flexibility index (Phi) is 4.23. The van der Waals surface area contributed by atoms with Crippen LogP contribution in [0.1, 0.15) is 72.6 Å². The highest BCUT2D eigenvalue weighted by molar-refractivity contribution is 5.77. The lowest BCUT2D eigenvalue weighted by Crippen LogP contribution is -2.50. The fraction of sp³-hybridized carbons (Fsp3) is 0.762. The van der Waals surface area contributed by atoms with E-state index in [1.165, 1.54) is 19.3 Å². The number of methoxy groups -OCH3 is 1. The molecule has 0 aromatic carbocycles. The zero-order valence-corrected chi connectivity index (χ0v) is 15.5. The van der Waals surface area contributed by atoms with Crippen LogP contribution >= 0.6 is 0 Å². The first-order valence-corrected chi connectivity index (χ1v) is 9.35. The molecule has 3 atom stereocenters. The largest absolute Gasteiger partial charge is 0.469 e. The number of rotatable bonds is 2.